The maximum Gasteiger partial charge on any atom is 0.195 e. The number of likely N-dealkylation sites (tertiary alicyclic amines) is 1. The summed E-state index contributed by atoms with van der Waals surface area (Å²) in [5.41, 5.74) is 2.71. The number of nitrogens with zero attached hydrogens (tertiary/aromatic N) is 2. The first-order valence-electron chi connectivity index (χ1n) is 9.22. The molecule has 1 unspecified atom stereocenters. The molecule has 0 saturated carbocycles. The van der Waals surface area contributed by atoms with Gasteiger partial charge in [-0.15, -0.1) is 0 Å². The first kappa shape index (κ1) is 17.7. The van der Waals surface area contributed by atoms with Crippen LogP contribution >= 0.6 is 22.6 Å². The van der Waals surface area contributed by atoms with Crippen molar-refractivity contribution in [3.8, 4) is 0 Å². The van der Waals surface area contributed by atoms with Crippen LogP contribution in [0.15, 0.2) is 54.7 Å². The van der Waals surface area contributed by atoms with Gasteiger partial charge in [-0.2, -0.15) is 0 Å². The number of aromatic nitrogens is 1. The molecule has 1 aliphatic rings. The fourth-order valence-electron chi connectivity index (χ4n) is 3.94. The first-order chi connectivity index (χ1) is 12.6. The van der Waals surface area contributed by atoms with Crippen LogP contribution in [0.1, 0.15) is 35.2 Å². The molecular formula is C22H23IN2O. The normalized spacial score (nSPS) is 18.3. The number of fused-ring (bicyclic) bond motifs is 1. The minimum atomic E-state index is 0.105. The maximum absolute atomic E-state index is 13.1. The summed E-state index contributed by atoms with van der Waals surface area (Å²) in [5, 5.41) is 1.05. The van der Waals surface area contributed by atoms with Crippen molar-refractivity contribution in [3.63, 3.8) is 0 Å². The van der Waals surface area contributed by atoms with Crippen molar-refractivity contribution in [2.75, 3.05) is 13.6 Å². The van der Waals surface area contributed by atoms with Crippen molar-refractivity contribution in [2.24, 2.45) is 0 Å². The number of para-hydroxylation sites is 1. The van der Waals surface area contributed by atoms with Gasteiger partial charge < -0.3 is 9.47 Å². The largest absolute Gasteiger partial charge is 0.345 e. The van der Waals surface area contributed by atoms with E-state index in [2.05, 4.69) is 63.5 Å². The monoisotopic (exact) mass is 458 g/mol. The standard InChI is InChI=1S/C22H23IN2O/c1-24-13-5-4-6-18(24)14-25-15-20(19-7-2-3-8-21(19)25)22(26)16-9-11-17(23)12-10-16/h2-3,7-12,15,18H,4-6,13-14H2,1H3. The lowest BCUT2D eigenvalue weighted by Gasteiger charge is -2.32. The Hall–Kier alpha value is -1.66. The van der Waals surface area contributed by atoms with E-state index < -0.39 is 0 Å². The van der Waals surface area contributed by atoms with E-state index in [1.54, 1.807) is 0 Å². The first-order valence-corrected chi connectivity index (χ1v) is 10.3. The number of carbonyl (C=O) groups is 1. The third-order valence-corrected chi connectivity index (χ3v) is 6.19. The Morgan fingerprint density at radius 1 is 1.12 bits per heavy atom. The van der Waals surface area contributed by atoms with E-state index in [1.165, 1.54) is 19.3 Å². The molecule has 4 heteroatoms. The van der Waals surface area contributed by atoms with Gasteiger partial charge in [-0.3, -0.25) is 4.79 Å². The van der Waals surface area contributed by atoms with Gasteiger partial charge in [0.15, 0.2) is 5.78 Å². The number of rotatable bonds is 4. The van der Waals surface area contributed by atoms with Crippen LogP contribution in [0.4, 0.5) is 0 Å². The number of hydrogen-bond donors (Lipinski definition) is 0. The van der Waals surface area contributed by atoms with Crippen molar-refractivity contribution in [1.29, 1.82) is 0 Å². The molecule has 2 heterocycles. The van der Waals surface area contributed by atoms with Crippen molar-refractivity contribution in [3.05, 3.63) is 69.4 Å². The second kappa shape index (κ2) is 7.53. The van der Waals surface area contributed by atoms with E-state index in [0.717, 1.165) is 38.7 Å². The molecule has 1 saturated heterocycles. The van der Waals surface area contributed by atoms with Gasteiger partial charge in [-0.1, -0.05) is 24.6 Å². The van der Waals surface area contributed by atoms with E-state index in [1.807, 2.05) is 30.3 Å². The number of benzene rings is 2. The quantitative estimate of drug-likeness (QED) is 0.408. The second-order valence-electron chi connectivity index (χ2n) is 7.18. The minimum Gasteiger partial charge on any atom is -0.345 e. The van der Waals surface area contributed by atoms with Gasteiger partial charge in [-0.25, -0.2) is 0 Å². The van der Waals surface area contributed by atoms with Crippen LogP contribution in [0.2, 0.25) is 0 Å². The molecule has 2 aromatic carbocycles. The van der Waals surface area contributed by atoms with Crippen LogP contribution in [0, 0.1) is 3.57 Å². The summed E-state index contributed by atoms with van der Waals surface area (Å²) in [4.78, 5) is 15.6. The highest BCUT2D eigenvalue weighted by molar-refractivity contribution is 14.1. The number of hydrogen-bond acceptors (Lipinski definition) is 2. The molecule has 0 bridgehead atoms. The Morgan fingerprint density at radius 2 is 1.88 bits per heavy atom. The van der Waals surface area contributed by atoms with Gasteiger partial charge in [-0.05, 0) is 79.4 Å². The van der Waals surface area contributed by atoms with Gasteiger partial charge in [0.25, 0.3) is 0 Å². The molecule has 1 fully saturated rings. The Kier molecular flexibility index (Phi) is 5.14. The summed E-state index contributed by atoms with van der Waals surface area (Å²) in [6.07, 6.45) is 5.87. The zero-order chi connectivity index (χ0) is 18.1. The van der Waals surface area contributed by atoms with Crippen LogP contribution in [-0.4, -0.2) is 34.9 Å². The molecule has 26 heavy (non-hydrogen) atoms. The topological polar surface area (TPSA) is 25.2 Å². The van der Waals surface area contributed by atoms with E-state index in [0.29, 0.717) is 6.04 Å². The van der Waals surface area contributed by atoms with Crippen LogP contribution in [0.5, 0.6) is 0 Å². The number of carbonyl (C=O) groups excluding carboxylic acids is 1. The van der Waals surface area contributed by atoms with E-state index >= 15 is 0 Å². The number of likely N-dealkylation sites (N-methyl/N-ethyl adjacent to an activating group) is 1. The lowest BCUT2D eigenvalue weighted by atomic mass is 10.0. The fourth-order valence-corrected chi connectivity index (χ4v) is 4.30. The maximum atomic E-state index is 13.1. The molecule has 4 rings (SSSR count). The molecule has 0 radical (unpaired) electrons. The fraction of sp³-hybridized carbons (Fsp3) is 0.318. The van der Waals surface area contributed by atoms with Crippen LogP contribution in [0.25, 0.3) is 10.9 Å². The van der Waals surface area contributed by atoms with Crippen LogP contribution in [0.3, 0.4) is 0 Å². The van der Waals surface area contributed by atoms with Gasteiger partial charge in [0.2, 0.25) is 0 Å². The van der Waals surface area contributed by atoms with Crippen molar-refractivity contribution < 1.29 is 4.79 Å². The van der Waals surface area contributed by atoms with E-state index in [4.69, 9.17) is 0 Å². The second-order valence-corrected chi connectivity index (χ2v) is 8.42. The predicted molar refractivity (Wildman–Crippen MR) is 115 cm³/mol. The molecule has 1 aromatic heterocycles. The highest BCUT2D eigenvalue weighted by Crippen LogP contribution is 2.26. The predicted octanol–water partition coefficient (Wildman–Crippen LogP) is 4.96. The molecule has 0 aliphatic carbocycles. The summed E-state index contributed by atoms with van der Waals surface area (Å²) in [5.74, 6) is 0.105. The molecule has 0 spiro atoms. The molecule has 134 valence electrons. The smallest absolute Gasteiger partial charge is 0.195 e. The average molecular weight is 458 g/mol. The van der Waals surface area contributed by atoms with Gasteiger partial charge in [0.1, 0.15) is 0 Å². The molecule has 3 aromatic rings. The Balaban J connectivity index is 1.71. The average Bonchev–Trinajstić information content (AvgIpc) is 3.02. The lowest BCUT2D eigenvalue weighted by Crippen LogP contribution is -2.39. The van der Waals surface area contributed by atoms with Gasteiger partial charge in [0, 0.05) is 44.4 Å². The third kappa shape index (κ3) is 3.45. The Labute approximate surface area is 168 Å². The van der Waals surface area contributed by atoms with Crippen molar-refractivity contribution in [1.82, 2.24) is 9.47 Å². The molecule has 1 atom stereocenters. The van der Waals surface area contributed by atoms with Gasteiger partial charge >= 0.3 is 0 Å². The highest BCUT2D eigenvalue weighted by Gasteiger charge is 2.22. The number of piperidine rings is 1. The Bertz CT molecular complexity index is 929. The third-order valence-electron chi connectivity index (χ3n) is 5.47. The molecule has 3 nitrogen and oxygen atoms in total. The van der Waals surface area contributed by atoms with E-state index in [9.17, 15) is 4.79 Å². The van der Waals surface area contributed by atoms with E-state index in [-0.39, 0.29) is 5.78 Å². The molecule has 0 N–H and O–H groups in total. The molecule has 0 amide bonds. The highest BCUT2D eigenvalue weighted by atomic mass is 127. The summed E-state index contributed by atoms with van der Waals surface area (Å²) >= 11 is 2.27. The lowest BCUT2D eigenvalue weighted by molar-refractivity contribution is 0.104. The Morgan fingerprint density at radius 3 is 2.65 bits per heavy atom. The summed E-state index contributed by atoms with van der Waals surface area (Å²) < 4.78 is 3.42. The zero-order valence-corrected chi connectivity index (χ0v) is 17.1. The molecule has 1 aliphatic heterocycles. The minimum absolute atomic E-state index is 0.105. The van der Waals surface area contributed by atoms with Gasteiger partial charge in [0.05, 0.1) is 0 Å². The zero-order valence-electron chi connectivity index (χ0n) is 15.0. The summed E-state index contributed by atoms with van der Waals surface area (Å²) in [6, 6.07) is 16.6. The van der Waals surface area contributed by atoms with Crippen molar-refractivity contribution >= 4 is 39.3 Å². The number of ketones is 1. The number of halogens is 1. The summed E-state index contributed by atoms with van der Waals surface area (Å²) in [7, 11) is 2.22. The van der Waals surface area contributed by atoms with Crippen LogP contribution < -0.4 is 0 Å². The SMILES string of the molecule is CN1CCCCC1Cn1cc(C(=O)c2ccc(I)cc2)c2ccccc21. The van der Waals surface area contributed by atoms with Crippen molar-refractivity contribution in [2.45, 2.75) is 31.8 Å². The molecular weight excluding hydrogens is 435 g/mol. The van der Waals surface area contributed by atoms with Crippen LogP contribution in [-0.2, 0) is 6.54 Å². The summed E-state index contributed by atoms with van der Waals surface area (Å²) in [6.45, 7) is 2.11.